The van der Waals surface area contributed by atoms with Crippen molar-refractivity contribution >= 4 is 50.5 Å². The number of nitrogens with zero attached hydrogens (tertiary/aromatic N) is 4. The minimum atomic E-state index is -3.74. The van der Waals surface area contributed by atoms with E-state index in [0.29, 0.717) is 23.9 Å². The second kappa shape index (κ2) is 12.9. The molecule has 1 aromatic carbocycles. The van der Waals surface area contributed by atoms with Crippen molar-refractivity contribution in [3.63, 3.8) is 0 Å². The van der Waals surface area contributed by atoms with Crippen molar-refractivity contribution in [2.24, 2.45) is 0 Å². The lowest BCUT2D eigenvalue weighted by atomic mass is 10.1. The van der Waals surface area contributed by atoms with Crippen LogP contribution in [0.4, 0.5) is 19.7 Å². The molecule has 0 atom stereocenters. The third kappa shape index (κ3) is 6.95. The number of pyridine rings is 1. The van der Waals surface area contributed by atoms with E-state index < -0.39 is 33.0 Å². The molecule has 2 fully saturated rings. The zero-order valence-electron chi connectivity index (χ0n) is 22.3. The molecule has 41 heavy (non-hydrogen) atoms. The number of nitrogens with two attached hydrogens (primary N) is 1. The van der Waals surface area contributed by atoms with E-state index in [1.165, 1.54) is 22.6 Å². The molecule has 2 aliphatic heterocycles. The maximum Gasteiger partial charge on any atom is 0.244 e. The summed E-state index contributed by atoms with van der Waals surface area (Å²) in [6, 6.07) is 6.17. The predicted molar refractivity (Wildman–Crippen MR) is 154 cm³/mol. The van der Waals surface area contributed by atoms with Crippen LogP contribution >= 0.6 is 23.7 Å². The fourth-order valence-corrected chi connectivity index (χ4v) is 7.13. The summed E-state index contributed by atoms with van der Waals surface area (Å²) in [5.74, 6) is -2.55. The Bertz CT molecular complexity index is 1460. The van der Waals surface area contributed by atoms with Crippen molar-refractivity contribution in [1.29, 1.82) is 0 Å². The van der Waals surface area contributed by atoms with Crippen LogP contribution in [0.15, 0.2) is 41.4 Å². The van der Waals surface area contributed by atoms with Gasteiger partial charge in [0.1, 0.15) is 33.3 Å². The van der Waals surface area contributed by atoms with Gasteiger partial charge < -0.3 is 20.7 Å². The smallest absolute Gasteiger partial charge is 0.244 e. The summed E-state index contributed by atoms with van der Waals surface area (Å²) in [6.07, 6.45) is 4.16. The summed E-state index contributed by atoms with van der Waals surface area (Å²) in [7, 11) is -1.67. The number of nitrogen functional groups attached to an aromatic ring is 1. The number of benzene rings is 1. The molecule has 3 aromatic rings. The van der Waals surface area contributed by atoms with Gasteiger partial charge in [0.15, 0.2) is 5.13 Å². The average molecular weight is 629 g/mol. The van der Waals surface area contributed by atoms with Crippen molar-refractivity contribution in [2.45, 2.75) is 42.7 Å². The minimum Gasteiger partial charge on any atom is -0.474 e. The topological polar surface area (TPSA) is 131 Å². The standard InChI is InChI=1S/C26H30F2N6O4S2.ClH/c1-33-11-9-17(10-12-33)38-21-6-5-18(15-30-21)40(36,37)34-13-7-16(8-14-34)31-26-32-25(29)24(39-26)23(35)22-19(27)3-2-4-20(22)28;/h2-6,15-17H,7-14,29H2,1H3,(H,31,32);1H. The highest BCUT2D eigenvalue weighted by Crippen LogP contribution is 2.31. The van der Waals surface area contributed by atoms with Crippen LogP contribution in [-0.2, 0) is 10.0 Å². The number of hydrogen-bond donors (Lipinski definition) is 2. The Morgan fingerprint density at radius 3 is 2.34 bits per heavy atom. The van der Waals surface area contributed by atoms with Crippen molar-refractivity contribution < 1.29 is 26.7 Å². The Morgan fingerprint density at radius 1 is 1.07 bits per heavy atom. The molecule has 2 aromatic heterocycles. The fraction of sp³-hybridized carbons (Fsp3) is 0.423. The molecule has 15 heteroatoms. The van der Waals surface area contributed by atoms with Crippen LogP contribution in [0, 0.1) is 11.6 Å². The highest BCUT2D eigenvalue weighted by molar-refractivity contribution is 7.89. The molecule has 10 nitrogen and oxygen atoms in total. The Balaban J connectivity index is 0.00000387. The number of nitrogens with one attached hydrogen (secondary N) is 1. The second-order valence-corrected chi connectivity index (χ2v) is 12.9. The van der Waals surface area contributed by atoms with Gasteiger partial charge in [-0.3, -0.25) is 4.79 Å². The molecule has 4 heterocycles. The highest BCUT2D eigenvalue weighted by Gasteiger charge is 2.31. The van der Waals surface area contributed by atoms with E-state index in [0.717, 1.165) is 49.4 Å². The summed E-state index contributed by atoms with van der Waals surface area (Å²) in [4.78, 5) is 23.4. The van der Waals surface area contributed by atoms with Crippen LogP contribution in [0.5, 0.6) is 5.88 Å². The molecule has 0 radical (unpaired) electrons. The lowest BCUT2D eigenvalue weighted by Gasteiger charge is -2.31. The first kappa shape index (κ1) is 31.0. The normalized spacial score (nSPS) is 17.6. The molecule has 0 saturated carbocycles. The summed E-state index contributed by atoms with van der Waals surface area (Å²) in [5.41, 5.74) is 5.20. The lowest BCUT2D eigenvalue weighted by molar-refractivity contribution is 0.103. The molecule has 222 valence electrons. The van der Waals surface area contributed by atoms with E-state index in [4.69, 9.17) is 10.5 Å². The summed E-state index contributed by atoms with van der Waals surface area (Å²) >= 11 is 0.906. The largest absolute Gasteiger partial charge is 0.474 e. The third-order valence-corrected chi connectivity index (χ3v) is 10.0. The van der Waals surface area contributed by atoms with E-state index >= 15 is 0 Å². The Labute approximate surface area is 247 Å². The number of carbonyl (C=O) groups excluding carboxylic acids is 1. The van der Waals surface area contributed by atoms with E-state index in [2.05, 4.69) is 27.2 Å². The maximum absolute atomic E-state index is 14.1. The number of sulfonamides is 1. The molecule has 5 rings (SSSR count). The number of piperidine rings is 2. The van der Waals surface area contributed by atoms with Gasteiger partial charge in [-0.2, -0.15) is 4.31 Å². The van der Waals surface area contributed by atoms with Gasteiger partial charge in [-0.15, -0.1) is 12.4 Å². The quantitative estimate of drug-likeness (QED) is 0.358. The number of anilines is 2. The maximum atomic E-state index is 14.1. The van der Waals surface area contributed by atoms with Crippen molar-refractivity contribution in [3.05, 3.63) is 58.6 Å². The van der Waals surface area contributed by atoms with E-state index in [1.807, 2.05) is 0 Å². The highest BCUT2D eigenvalue weighted by atomic mass is 35.5. The Kier molecular flexibility index (Phi) is 9.80. The van der Waals surface area contributed by atoms with E-state index in [1.54, 1.807) is 6.07 Å². The number of ketones is 1. The number of carbonyl (C=O) groups is 1. The number of thiazole rings is 1. The van der Waals surface area contributed by atoms with Crippen LogP contribution in [0.25, 0.3) is 0 Å². The Hall–Kier alpha value is -2.91. The third-order valence-electron chi connectivity index (χ3n) is 7.13. The summed E-state index contributed by atoms with van der Waals surface area (Å²) < 4.78 is 61.9. The van der Waals surface area contributed by atoms with Gasteiger partial charge in [-0.25, -0.2) is 27.2 Å². The van der Waals surface area contributed by atoms with Crippen LogP contribution < -0.4 is 15.8 Å². The molecule has 2 saturated heterocycles. The molecular weight excluding hydrogens is 598 g/mol. The number of ether oxygens (including phenoxy) is 1. The molecule has 0 bridgehead atoms. The number of halogens is 3. The first-order chi connectivity index (χ1) is 19.1. The van der Waals surface area contributed by atoms with Crippen molar-refractivity contribution in [3.8, 4) is 5.88 Å². The van der Waals surface area contributed by atoms with Crippen LogP contribution in [0.1, 0.15) is 40.9 Å². The first-order valence-corrected chi connectivity index (χ1v) is 15.2. The number of hydrogen-bond acceptors (Lipinski definition) is 10. The number of likely N-dealkylation sites (tertiary alicyclic amines) is 1. The zero-order chi connectivity index (χ0) is 28.4. The summed E-state index contributed by atoms with van der Waals surface area (Å²) in [5, 5.41) is 3.50. The molecule has 0 amide bonds. The van der Waals surface area contributed by atoms with E-state index in [9.17, 15) is 22.0 Å². The zero-order valence-corrected chi connectivity index (χ0v) is 24.7. The van der Waals surface area contributed by atoms with Gasteiger partial charge in [-0.05, 0) is 50.9 Å². The Morgan fingerprint density at radius 2 is 1.73 bits per heavy atom. The monoisotopic (exact) mass is 628 g/mol. The summed E-state index contributed by atoms with van der Waals surface area (Å²) in [6.45, 7) is 2.43. The van der Waals surface area contributed by atoms with Crippen LogP contribution in [-0.4, -0.2) is 78.7 Å². The van der Waals surface area contributed by atoms with Crippen molar-refractivity contribution in [2.75, 3.05) is 44.3 Å². The van der Waals surface area contributed by atoms with Gasteiger partial charge in [0.25, 0.3) is 0 Å². The number of rotatable bonds is 8. The number of aromatic nitrogens is 2. The van der Waals surface area contributed by atoms with Gasteiger partial charge in [0, 0.05) is 38.3 Å². The molecule has 2 aliphatic rings. The first-order valence-electron chi connectivity index (χ1n) is 12.9. The lowest BCUT2D eigenvalue weighted by Crippen LogP contribution is -2.42. The minimum absolute atomic E-state index is 0. The van der Waals surface area contributed by atoms with Crippen LogP contribution in [0.3, 0.4) is 0 Å². The predicted octanol–water partition coefficient (Wildman–Crippen LogP) is 3.79. The average Bonchev–Trinajstić information content (AvgIpc) is 3.30. The molecular formula is C26H31ClF2N6O4S2. The second-order valence-electron chi connectivity index (χ2n) is 9.93. The molecule has 0 unspecified atom stereocenters. The van der Waals surface area contributed by atoms with Gasteiger partial charge in [0.2, 0.25) is 21.7 Å². The molecule has 0 spiro atoms. The van der Waals surface area contributed by atoms with Crippen molar-refractivity contribution in [1.82, 2.24) is 19.2 Å². The van der Waals surface area contributed by atoms with Gasteiger partial charge >= 0.3 is 0 Å². The van der Waals surface area contributed by atoms with E-state index in [-0.39, 0.29) is 53.2 Å². The molecule has 0 aliphatic carbocycles. The SMILES string of the molecule is CN1CCC(Oc2ccc(S(=O)(=O)N3CCC(Nc4nc(N)c(C(=O)c5c(F)cccc5F)s4)CC3)cn2)CC1.Cl. The van der Waals surface area contributed by atoms with Crippen LogP contribution in [0.2, 0.25) is 0 Å². The molecule has 3 N–H and O–H groups in total. The fourth-order valence-electron chi connectivity index (χ4n) is 4.81. The van der Waals surface area contributed by atoms with Gasteiger partial charge in [0.05, 0.1) is 11.8 Å². The van der Waals surface area contributed by atoms with Gasteiger partial charge in [-0.1, -0.05) is 17.4 Å².